The number of aromatic carboxylic acids is 2. The maximum Gasteiger partial charge on any atom is 0.337 e. The zero-order chi connectivity index (χ0) is 16.9. The van der Waals surface area contributed by atoms with Crippen LogP contribution in [0.5, 0.6) is 0 Å². The van der Waals surface area contributed by atoms with Crippen LogP contribution in [0.15, 0.2) is 0 Å². The Kier molecular flexibility index (Phi) is 4.93. The molecular weight excluding hydrogens is 421 g/mol. The van der Waals surface area contributed by atoms with Crippen molar-refractivity contribution in [3.63, 3.8) is 0 Å². The molecule has 0 saturated heterocycles. The highest BCUT2D eigenvalue weighted by atomic mass is 35.5. The number of hydrogen-bond donors (Lipinski definition) is 2. The third kappa shape index (κ3) is 2.48. The molecule has 116 valence electrons. The lowest BCUT2D eigenvalue weighted by Gasteiger charge is -2.16. The number of fused-ring (bicyclic) bond motifs is 1. The van der Waals surface area contributed by atoms with Crippen LogP contribution in [0.3, 0.4) is 0 Å². The zero-order valence-corrected chi connectivity index (χ0v) is 14.5. The fourth-order valence-electron chi connectivity index (χ4n) is 1.94. The molecule has 0 saturated carbocycles. The van der Waals surface area contributed by atoms with Gasteiger partial charge < -0.3 is 10.2 Å². The predicted octanol–water partition coefficient (Wildman–Crippen LogP) is 6.16. The van der Waals surface area contributed by atoms with E-state index in [4.69, 9.17) is 69.6 Å². The van der Waals surface area contributed by atoms with Crippen molar-refractivity contribution in [2.45, 2.75) is 0 Å². The van der Waals surface area contributed by atoms with E-state index in [9.17, 15) is 19.8 Å². The molecule has 0 fully saturated rings. The van der Waals surface area contributed by atoms with Gasteiger partial charge in [-0.3, -0.25) is 0 Å². The number of carboxylic acid groups (broad SMARTS) is 2. The summed E-state index contributed by atoms with van der Waals surface area (Å²) >= 11 is 35.6. The smallest absolute Gasteiger partial charge is 0.337 e. The number of rotatable bonds is 2. The Morgan fingerprint density at radius 1 is 0.545 bits per heavy atom. The molecule has 0 bridgehead atoms. The largest absolute Gasteiger partial charge is 0.478 e. The highest BCUT2D eigenvalue weighted by Gasteiger charge is 2.30. The van der Waals surface area contributed by atoms with Crippen LogP contribution in [0.25, 0.3) is 10.8 Å². The number of halogens is 6. The predicted molar refractivity (Wildman–Crippen MR) is 87.9 cm³/mol. The molecule has 4 nitrogen and oxygen atoms in total. The Balaban J connectivity index is 3.35. The summed E-state index contributed by atoms with van der Waals surface area (Å²) in [6.45, 7) is 0. The van der Waals surface area contributed by atoms with Crippen LogP contribution in [0, 0.1) is 0 Å². The third-order valence-corrected chi connectivity index (χ3v) is 5.48. The van der Waals surface area contributed by atoms with E-state index in [2.05, 4.69) is 0 Å². The Hall–Kier alpha value is -0.620. The summed E-state index contributed by atoms with van der Waals surface area (Å²) in [5.74, 6) is -3.05. The summed E-state index contributed by atoms with van der Waals surface area (Å²) in [7, 11) is 0. The Morgan fingerprint density at radius 3 is 1.14 bits per heavy atom. The first-order chi connectivity index (χ1) is 10.1. The van der Waals surface area contributed by atoms with Crippen LogP contribution in [-0.2, 0) is 0 Å². The molecule has 2 aromatic carbocycles. The Bertz CT molecular complexity index is 795. The molecule has 0 aliphatic heterocycles. The van der Waals surface area contributed by atoms with Crippen molar-refractivity contribution in [3.05, 3.63) is 41.3 Å². The van der Waals surface area contributed by atoms with Crippen LogP contribution in [0.4, 0.5) is 0 Å². The molecule has 2 aromatic rings. The summed E-state index contributed by atoms with van der Waals surface area (Å²) < 4.78 is 0. The minimum Gasteiger partial charge on any atom is -0.478 e. The summed E-state index contributed by atoms with van der Waals surface area (Å²) in [6.07, 6.45) is 0. The van der Waals surface area contributed by atoms with E-state index in [1.807, 2.05) is 0 Å². The molecule has 10 heteroatoms. The molecule has 0 aliphatic carbocycles. The van der Waals surface area contributed by atoms with E-state index in [0.29, 0.717) is 0 Å². The van der Waals surface area contributed by atoms with Crippen molar-refractivity contribution in [3.8, 4) is 0 Å². The summed E-state index contributed by atoms with van der Waals surface area (Å²) in [5, 5.41) is 16.3. The van der Waals surface area contributed by atoms with Crippen molar-refractivity contribution in [1.29, 1.82) is 0 Å². The molecule has 22 heavy (non-hydrogen) atoms. The first kappa shape index (κ1) is 17.7. The summed E-state index contributed by atoms with van der Waals surface area (Å²) in [5.41, 5.74) is -1.16. The number of carbonyl (C=O) groups is 2. The maximum atomic E-state index is 11.5. The first-order valence-electron chi connectivity index (χ1n) is 5.24. The molecule has 2 N–H and O–H groups in total. The molecular formula is C12H2Cl6O4. The van der Waals surface area contributed by atoms with E-state index in [1.54, 1.807) is 0 Å². The van der Waals surface area contributed by atoms with E-state index in [-0.39, 0.29) is 30.9 Å². The van der Waals surface area contributed by atoms with Gasteiger partial charge in [0.15, 0.2) is 0 Å². The Labute approximate surface area is 153 Å². The molecule has 0 amide bonds. The lowest BCUT2D eigenvalue weighted by molar-refractivity contribution is 0.0695. The summed E-state index contributed by atoms with van der Waals surface area (Å²) in [4.78, 5) is 23.0. The lowest BCUT2D eigenvalue weighted by Crippen LogP contribution is -2.07. The molecule has 0 spiro atoms. The van der Waals surface area contributed by atoms with E-state index in [0.717, 1.165) is 0 Å². The van der Waals surface area contributed by atoms with Gasteiger partial charge in [0.1, 0.15) is 0 Å². The summed E-state index contributed by atoms with van der Waals surface area (Å²) in [6, 6.07) is 0. The van der Waals surface area contributed by atoms with Gasteiger partial charge in [0.25, 0.3) is 0 Å². The van der Waals surface area contributed by atoms with Crippen LogP contribution in [0.2, 0.25) is 30.1 Å². The van der Waals surface area contributed by atoms with Crippen molar-refractivity contribution in [2.24, 2.45) is 0 Å². The molecule has 0 atom stereocenters. The van der Waals surface area contributed by atoms with Crippen molar-refractivity contribution >= 4 is 92.3 Å². The van der Waals surface area contributed by atoms with Crippen molar-refractivity contribution < 1.29 is 19.8 Å². The second kappa shape index (κ2) is 6.11. The highest BCUT2D eigenvalue weighted by molar-refractivity contribution is 6.57. The maximum absolute atomic E-state index is 11.5. The van der Waals surface area contributed by atoms with E-state index >= 15 is 0 Å². The average Bonchev–Trinajstić information content (AvgIpc) is 2.41. The number of carboxylic acids is 2. The minimum absolute atomic E-state index is 0.151. The third-order valence-electron chi connectivity index (χ3n) is 2.83. The normalized spacial score (nSPS) is 11.0. The topological polar surface area (TPSA) is 74.6 Å². The average molecular weight is 423 g/mol. The van der Waals surface area contributed by atoms with E-state index < -0.39 is 33.1 Å². The quantitative estimate of drug-likeness (QED) is 0.568. The minimum atomic E-state index is -1.52. The van der Waals surface area contributed by atoms with Crippen molar-refractivity contribution in [2.75, 3.05) is 0 Å². The van der Waals surface area contributed by atoms with Gasteiger partial charge >= 0.3 is 11.9 Å². The van der Waals surface area contributed by atoms with Gasteiger partial charge in [-0.15, -0.1) is 0 Å². The van der Waals surface area contributed by atoms with Gasteiger partial charge in [0, 0.05) is 10.8 Å². The number of benzene rings is 2. The van der Waals surface area contributed by atoms with Gasteiger partial charge in [-0.2, -0.15) is 0 Å². The van der Waals surface area contributed by atoms with Crippen LogP contribution >= 0.6 is 69.6 Å². The monoisotopic (exact) mass is 420 g/mol. The Morgan fingerprint density at radius 2 is 0.864 bits per heavy atom. The fraction of sp³-hybridized carbons (Fsp3) is 0. The molecule has 0 aliphatic rings. The molecule has 0 aromatic heterocycles. The van der Waals surface area contributed by atoms with Gasteiger partial charge in [0.05, 0.1) is 41.3 Å². The van der Waals surface area contributed by atoms with Gasteiger partial charge in [0.2, 0.25) is 0 Å². The molecule has 2 rings (SSSR count). The first-order valence-corrected chi connectivity index (χ1v) is 7.51. The SMILES string of the molecule is O=C(O)c1c(Cl)c(Cl)c(Cl)c2c(Cl)c(Cl)c(Cl)c(C(=O)O)c12. The molecule has 0 radical (unpaired) electrons. The second-order valence-corrected chi connectivity index (χ2v) is 6.26. The van der Waals surface area contributed by atoms with Gasteiger partial charge in [-0.1, -0.05) is 69.6 Å². The highest BCUT2D eigenvalue weighted by Crippen LogP contribution is 2.49. The zero-order valence-electron chi connectivity index (χ0n) is 9.98. The van der Waals surface area contributed by atoms with Gasteiger partial charge in [-0.25, -0.2) is 9.59 Å². The van der Waals surface area contributed by atoms with Crippen LogP contribution in [0.1, 0.15) is 20.7 Å². The van der Waals surface area contributed by atoms with Crippen molar-refractivity contribution in [1.82, 2.24) is 0 Å². The molecule has 0 unspecified atom stereocenters. The number of hydrogen-bond acceptors (Lipinski definition) is 2. The van der Waals surface area contributed by atoms with Gasteiger partial charge in [-0.05, 0) is 0 Å². The standard InChI is InChI=1S/C12H2Cl6O4/c13-5-2-1(3(11(19)20)7(15)9(5)17)4(12(21)22)8(16)10(18)6(2)14/h(H,19,20)(H,21,22). The lowest BCUT2D eigenvalue weighted by atomic mass is 9.98. The van der Waals surface area contributed by atoms with Crippen LogP contribution in [-0.4, -0.2) is 22.2 Å². The second-order valence-electron chi connectivity index (χ2n) is 3.99. The van der Waals surface area contributed by atoms with E-state index in [1.165, 1.54) is 0 Å². The fourth-order valence-corrected chi connectivity index (χ4v) is 3.57. The molecule has 0 heterocycles. The van der Waals surface area contributed by atoms with Crippen LogP contribution < -0.4 is 0 Å².